The van der Waals surface area contributed by atoms with Gasteiger partial charge < -0.3 is 10.2 Å². The third kappa shape index (κ3) is 6.60. The molecule has 0 aliphatic rings. The fraction of sp³-hybridized carbons (Fsp3) is 0.263. The van der Waals surface area contributed by atoms with Gasteiger partial charge in [-0.25, -0.2) is 0 Å². The molecule has 27 heavy (non-hydrogen) atoms. The maximum atomic E-state index is 12.6. The van der Waals surface area contributed by atoms with Gasteiger partial charge in [0.05, 0.1) is 12.1 Å². The number of benzene rings is 2. The lowest BCUT2D eigenvalue weighted by Crippen LogP contribution is -2.38. The summed E-state index contributed by atoms with van der Waals surface area (Å²) in [6.07, 6.45) is -3.89. The maximum absolute atomic E-state index is 12.6. The Morgan fingerprint density at radius 3 is 2.15 bits per heavy atom. The van der Waals surface area contributed by atoms with Crippen LogP contribution in [0.5, 0.6) is 0 Å². The number of nitrogens with zero attached hydrogens (tertiary/aromatic N) is 1. The molecule has 4 nitrogen and oxygen atoms in total. The molecule has 0 aromatic heterocycles. The molecule has 2 aromatic rings. The van der Waals surface area contributed by atoms with Crippen LogP contribution in [0.15, 0.2) is 48.5 Å². The Labute approximate surface area is 159 Å². The number of anilines is 1. The standard InChI is InChI=1S/C19H18ClF3N2O2/c1-13(26)25(11-10-14-2-6-16(20)7-3-14)12-18(27)24-17-8-4-15(5-9-17)19(21,22)23/h2-9H,10-12H2,1H3,(H,24,27). The van der Waals surface area contributed by atoms with E-state index in [1.165, 1.54) is 24.0 Å². The number of hydrogen-bond donors (Lipinski definition) is 1. The lowest BCUT2D eigenvalue weighted by molar-refractivity contribution is -0.137. The summed E-state index contributed by atoms with van der Waals surface area (Å²) >= 11 is 5.83. The molecule has 0 saturated carbocycles. The lowest BCUT2D eigenvalue weighted by Gasteiger charge is -2.20. The van der Waals surface area contributed by atoms with Gasteiger partial charge in [0.25, 0.3) is 0 Å². The van der Waals surface area contributed by atoms with Crippen LogP contribution in [-0.2, 0) is 22.2 Å². The number of halogens is 4. The molecule has 144 valence electrons. The predicted octanol–water partition coefficient (Wildman–Crippen LogP) is 4.39. The van der Waals surface area contributed by atoms with Crippen molar-refractivity contribution in [1.82, 2.24) is 4.90 Å². The van der Waals surface area contributed by atoms with E-state index >= 15 is 0 Å². The first-order valence-electron chi connectivity index (χ1n) is 8.12. The Kier molecular flexibility index (Phi) is 6.85. The molecule has 1 N–H and O–H groups in total. The average Bonchev–Trinajstić information content (AvgIpc) is 2.59. The summed E-state index contributed by atoms with van der Waals surface area (Å²) in [4.78, 5) is 25.3. The van der Waals surface area contributed by atoms with Crippen molar-refractivity contribution >= 4 is 29.1 Å². The van der Waals surface area contributed by atoms with Crippen LogP contribution in [-0.4, -0.2) is 29.8 Å². The summed E-state index contributed by atoms with van der Waals surface area (Å²) in [6, 6.07) is 11.3. The molecule has 0 aliphatic heterocycles. The van der Waals surface area contributed by atoms with E-state index in [4.69, 9.17) is 11.6 Å². The minimum atomic E-state index is -4.43. The summed E-state index contributed by atoms with van der Waals surface area (Å²) in [5.41, 5.74) is 0.400. The normalized spacial score (nSPS) is 11.1. The number of carbonyl (C=O) groups is 2. The topological polar surface area (TPSA) is 49.4 Å². The van der Waals surface area contributed by atoms with E-state index in [0.717, 1.165) is 17.7 Å². The summed E-state index contributed by atoms with van der Waals surface area (Å²) in [6.45, 7) is 1.49. The molecule has 2 aromatic carbocycles. The summed E-state index contributed by atoms with van der Waals surface area (Å²) < 4.78 is 37.7. The van der Waals surface area contributed by atoms with Crippen molar-refractivity contribution in [1.29, 1.82) is 0 Å². The van der Waals surface area contributed by atoms with Crippen LogP contribution >= 0.6 is 11.6 Å². The molecular weight excluding hydrogens is 381 g/mol. The number of carbonyl (C=O) groups excluding carboxylic acids is 2. The second-order valence-electron chi connectivity index (χ2n) is 5.94. The predicted molar refractivity (Wildman–Crippen MR) is 97.5 cm³/mol. The van der Waals surface area contributed by atoms with Gasteiger partial charge in [0, 0.05) is 24.2 Å². The monoisotopic (exact) mass is 398 g/mol. The first-order valence-corrected chi connectivity index (χ1v) is 8.50. The minimum absolute atomic E-state index is 0.191. The fourth-order valence-electron chi connectivity index (χ4n) is 2.38. The van der Waals surface area contributed by atoms with E-state index < -0.39 is 17.6 Å². The van der Waals surface area contributed by atoms with Gasteiger partial charge in [0.2, 0.25) is 11.8 Å². The second kappa shape index (κ2) is 8.90. The molecule has 0 bridgehead atoms. The smallest absolute Gasteiger partial charge is 0.333 e. The van der Waals surface area contributed by atoms with E-state index in [-0.39, 0.29) is 18.1 Å². The van der Waals surface area contributed by atoms with Gasteiger partial charge in [-0.3, -0.25) is 9.59 Å². The SMILES string of the molecule is CC(=O)N(CCc1ccc(Cl)cc1)CC(=O)Nc1ccc(C(F)(F)F)cc1. The van der Waals surface area contributed by atoms with E-state index in [2.05, 4.69) is 5.32 Å². The number of rotatable bonds is 6. The van der Waals surface area contributed by atoms with Crippen molar-refractivity contribution in [2.24, 2.45) is 0 Å². The van der Waals surface area contributed by atoms with Crippen molar-refractivity contribution in [3.63, 3.8) is 0 Å². The number of hydrogen-bond acceptors (Lipinski definition) is 2. The van der Waals surface area contributed by atoms with Crippen molar-refractivity contribution in [2.75, 3.05) is 18.4 Å². The summed E-state index contributed by atoms with van der Waals surface area (Å²) in [7, 11) is 0. The van der Waals surface area contributed by atoms with E-state index in [1.54, 1.807) is 12.1 Å². The van der Waals surface area contributed by atoms with Crippen LogP contribution in [0.4, 0.5) is 18.9 Å². The molecule has 0 heterocycles. The number of amides is 2. The van der Waals surface area contributed by atoms with Crippen LogP contribution in [0.25, 0.3) is 0 Å². The number of nitrogens with one attached hydrogen (secondary N) is 1. The average molecular weight is 399 g/mol. The van der Waals surface area contributed by atoms with Crippen LogP contribution in [0.2, 0.25) is 5.02 Å². The molecule has 0 saturated heterocycles. The molecule has 8 heteroatoms. The maximum Gasteiger partial charge on any atom is 0.416 e. The zero-order chi connectivity index (χ0) is 20.0. The first-order chi connectivity index (χ1) is 12.6. The van der Waals surface area contributed by atoms with Crippen molar-refractivity contribution in [3.05, 3.63) is 64.7 Å². The molecule has 0 atom stereocenters. The molecule has 2 rings (SSSR count). The van der Waals surface area contributed by atoms with E-state index in [9.17, 15) is 22.8 Å². The molecule has 0 radical (unpaired) electrons. The van der Waals surface area contributed by atoms with Gasteiger partial charge in [0.1, 0.15) is 0 Å². The van der Waals surface area contributed by atoms with Crippen LogP contribution in [0, 0.1) is 0 Å². The Morgan fingerprint density at radius 2 is 1.63 bits per heavy atom. The third-order valence-corrected chi connectivity index (χ3v) is 4.11. The third-order valence-electron chi connectivity index (χ3n) is 3.86. The zero-order valence-corrected chi connectivity index (χ0v) is 15.3. The highest BCUT2D eigenvalue weighted by molar-refractivity contribution is 6.30. The molecular formula is C19H18ClF3N2O2. The quantitative estimate of drug-likeness (QED) is 0.784. The molecule has 0 spiro atoms. The first kappa shape index (κ1) is 20.8. The lowest BCUT2D eigenvalue weighted by atomic mass is 10.1. The van der Waals surface area contributed by atoms with Crippen molar-refractivity contribution in [3.8, 4) is 0 Å². The highest BCUT2D eigenvalue weighted by Gasteiger charge is 2.30. The molecule has 0 unspecified atom stereocenters. The molecule has 0 fully saturated rings. The van der Waals surface area contributed by atoms with Gasteiger partial charge >= 0.3 is 6.18 Å². The van der Waals surface area contributed by atoms with Crippen LogP contribution in [0.1, 0.15) is 18.1 Å². The number of alkyl halides is 3. The largest absolute Gasteiger partial charge is 0.416 e. The summed E-state index contributed by atoms with van der Waals surface area (Å²) in [5, 5.41) is 3.10. The Bertz CT molecular complexity index is 790. The second-order valence-corrected chi connectivity index (χ2v) is 6.38. The minimum Gasteiger partial charge on any atom is -0.333 e. The molecule has 2 amide bonds. The Morgan fingerprint density at radius 1 is 1.04 bits per heavy atom. The van der Waals surface area contributed by atoms with Gasteiger partial charge in [-0.2, -0.15) is 13.2 Å². The van der Waals surface area contributed by atoms with Crippen molar-refractivity contribution < 1.29 is 22.8 Å². The Balaban J connectivity index is 1.92. The van der Waals surface area contributed by atoms with Gasteiger partial charge in [-0.05, 0) is 48.4 Å². The van der Waals surface area contributed by atoms with Crippen molar-refractivity contribution in [2.45, 2.75) is 19.5 Å². The fourth-order valence-corrected chi connectivity index (χ4v) is 2.51. The molecule has 0 aliphatic carbocycles. The van der Waals surface area contributed by atoms with Gasteiger partial charge in [-0.15, -0.1) is 0 Å². The highest BCUT2D eigenvalue weighted by Crippen LogP contribution is 2.29. The van der Waals surface area contributed by atoms with Crippen LogP contribution in [0.3, 0.4) is 0 Å². The van der Waals surface area contributed by atoms with Gasteiger partial charge in [-0.1, -0.05) is 23.7 Å². The van der Waals surface area contributed by atoms with E-state index in [0.29, 0.717) is 18.0 Å². The van der Waals surface area contributed by atoms with Crippen LogP contribution < -0.4 is 5.32 Å². The summed E-state index contributed by atoms with van der Waals surface area (Å²) in [5.74, 6) is -0.757. The van der Waals surface area contributed by atoms with Gasteiger partial charge in [0.15, 0.2) is 0 Å². The zero-order valence-electron chi connectivity index (χ0n) is 14.5. The Hall–Kier alpha value is -2.54. The van der Waals surface area contributed by atoms with E-state index in [1.807, 2.05) is 12.1 Å². The highest BCUT2D eigenvalue weighted by atomic mass is 35.5.